The summed E-state index contributed by atoms with van der Waals surface area (Å²) < 4.78 is 11.7. The van der Waals surface area contributed by atoms with E-state index in [1.54, 1.807) is 34.0 Å². The Balaban J connectivity index is 2.36. The van der Waals surface area contributed by atoms with Gasteiger partial charge in [0.05, 0.1) is 12.7 Å². The van der Waals surface area contributed by atoms with Gasteiger partial charge in [0.1, 0.15) is 5.60 Å². The van der Waals surface area contributed by atoms with Gasteiger partial charge in [-0.15, -0.1) is 5.10 Å². The van der Waals surface area contributed by atoms with E-state index in [2.05, 4.69) is 10.4 Å². The third kappa shape index (κ3) is 5.85. The minimum absolute atomic E-state index is 0.0639. The smallest absolute Gasteiger partial charge is 0.407 e. The zero-order valence-electron chi connectivity index (χ0n) is 13.2. The average molecular weight is 297 g/mol. The lowest BCUT2D eigenvalue weighted by molar-refractivity contribution is 0.0525. The molecule has 21 heavy (non-hydrogen) atoms. The lowest BCUT2D eigenvalue weighted by Crippen LogP contribution is -2.33. The van der Waals surface area contributed by atoms with Crippen molar-refractivity contribution in [3.63, 3.8) is 0 Å². The molecule has 1 aromatic rings. The van der Waals surface area contributed by atoms with Gasteiger partial charge >= 0.3 is 6.09 Å². The fraction of sp³-hybridized carbons (Fsp3) is 0.643. The number of carbonyl (C=O) groups excluding carboxylic acids is 2. The van der Waals surface area contributed by atoms with E-state index in [1.807, 2.05) is 0 Å². The van der Waals surface area contributed by atoms with Gasteiger partial charge in [0.2, 0.25) is 5.88 Å². The van der Waals surface area contributed by atoms with Gasteiger partial charge in [-0.3, -0.25) is 9.48 Å². The molecule has 7 nitrogen and oxygen atoms in total. The molecule has 118 valence electrons. The van der Waals surface area contributed by atoms with Crippen molar-refractivity contribution in [1.82, 2.24) is 15.1 Å². The van der Waals surface area contributed by atoms with Crippen molar-refractivity contribution >= 4 is 11.9 Å². The minimum Gasteiger partial charge on any atom is -0.479 e. The van der Waals surface area contributed by atoms with Crippen LogP contribution in [0.2, 0.25) is 0 Å². The molecule has 0 bridgehead atoms. The average Bonchev–Trinajstić information content (AvgIpc) is 2.73. The Morgan fingerprint density at radius 2 is 2.05 bits per heavy atom. The van der Waals surface area contributed by atoms with Crippen LogP contribution in [0.4, 0.5) is 4.79 Å². The summed E-state index contributed by atoms with van der Waals surface area (Å²) in [5.74, 6) is 0.258. The summed E-state index contributed by atoms with van der Waals surface area (Å²) in [5.41, 5.74) is -0.0690. The summed E-state index contributed by atoms with van der Waals surface area (Å²) in [6, 6.07) is 0. The summed E-state index contributed by atoms with van der Waals surface area (Å²) in [5, 5.41) is 6.65. The van der Waals surface area contributed by atoms with Crippen LogP contribution in [0.5, 0.6) is 5.88 Å². The Bertz CT molecular complexity index is 503. The van der Waals surface area contributed by atoms with Gasteiger partial charge in [-0.1, -0.05) is 0 Å². The van der Waals surface area contributed by atoms with E-state index in [1.165, 1.54) is 11.8 Å². The lowest BCUT2D eigenvalue weighted by Gasteiger charge is -2.19. The summed E-state index contributed by atoms with van der Waals surface area (Å²) >= 11 is 0. The SMILES string of the molecule is COc1nn(C)cc1C(=O)CCCNC(=O)OC(C)(C)C. The number of ketones is 1. The highest BCUT2D eigenvalue weighted by Gasteiger charge is 2.17. The van der Waals surface area contributed by atoms with Crippen molar-refractivity contribution in [3.05, 3.63) is 11.8 Å². The number of carbonyl (C=O) groups is 2. The number of alkyl carbamates (subject to hydrolysis) is 1. The number of aromatic nitrogens is 2. The number of amides is 1. The van der Waals surface area contributed by atoms with E-state index >= 15 is 0 Å². The lowest BCUT2D eigenvalue weighted by atomic mass is 10.1. The van der Waals surface area contributed by atoms with Crippen molar-refractivity contribution < 1.29 is 19.1 Å². The number of hydrogen-bond acceptors (Lipinski definition) is 5. The summed E-state index contributed by atoms with van der Waals surface area (Å²) in [6.45, 7) is 5.77. The van der Waals surface area contributed by atoms with Crippen molar-refractivity contribution in [2.75, 3.05) is 13.7 Å². The Kier molecular flexibility index (Phi) is 5.75. The molecule has 7 heteroatoms. The number of hydrogen-bond donors (Lipinski definition) is 1. The van der Waals surface area contributed by atoms with Crippen LogP contribution in [0.25, 0.3) is 0 Å². The highest BCUT2D eigenvalue weighted by atomic mass is 16.6. The maximum atomic E-state index is 12.0. The third-order valence-electron chi connectivity index (χ3n) is 2.54. The molecule has 0 aliphatic carbocycles. The van der Waals surface area contributed by atoms with Gasteiger partial charge in [0, 0.05) is 26.2 Å². The molecule has 1 rings (SSSR count). The van der Waals surface area contributed by atoms with Gasteiger partial charge < -0.3 is 14.8 Å². The van der Waals surface area contributed by atoms with Crippen LogP contribution >= 0.6 is 0 Å². The topological polar surface area (TPSA) is 82.5 Å². The molecule has 1 heterocycles. The van der Waals surface area contributed by atoms with Crippen LogP contribution in [0, 0.1) is 0 Å². The molecule has 0 unspecified atom stereocenters. The van der Waals surface area contributed by atoms with Gasteiger partial charge in [0.25, 0.3) is 0 Å². The third-order valence-corrected chi connectivity index (χ3v) is 2.54. The van der Waals surface area contributed by atoms with Crippen molar-refractivity contribution in [3.8, 4) is 5.88 Å². The van der Waals surface area contributed by atoms with E-state index in [-0.39, 0.29) is 5.78 Å². The number of methoxy groups -OCH3 is 1. The summed E-state index contributed by atoms with van der Waals surface area (Å²) in [4.78, 5) is 23.5. The van der Waals surface area contributed by atoms with Crippen molar-refractivity contribution in [2.45, 2.75) is 39.2 Å². The maximum Gasteiger partial charge on any atom is 0.407 e. The fourth-order valence-electron chi connectivity index (χ4n) is 1.70. The number of aryl methyl sites for hydroxylation is 1. The predicted molar refractivity (Wildman–Crippen MR) is 77.6 cm³/mol. The molecule has 0 aliphatic heterocycles. The van der Waals surface area contributed by atoms with E-state index in [9.17, 15) is 9.59 Å². The molecule has 1 aromatic heterocycles. The second-order valence-electron chi connectivity index (χ2n) is 5.68. The Hall–Kier alpha value is -2.05. The molecule has 0 spiro atoms. The first kappa shape index (κ1) is 17.0. The normalized spacial score (nSPS) is 11.1. The fourth-order valence-corrected chi connectivity index (χ4v) is 1.70. The monoisotopic (exact) mass is 297 g/mol. The van der Waals surface area contributed by atoms with E-state index in [0.717, 1.165) is 0 Å². The highest BCUT2D eigenvalue weighted by molar-refractivity contribution is 5.97. The molecule has 0 aromatic carbocycles. The van der Waals surface area contributed by atoms with Crippen LogP contribution in [0.15, 0.2) is 6.20 Å². The van der Waals surface area contributed by atoms with Gasteiger partial charge in [-0.2, -0.15) is 0 Å². The first-order valence-corrected chi connectivity index (χ1v) is 6.80. The van der Waals surface area contributed by atoms with E-state index in [4.69, 9.17) is 9.47 Å². The number of ether oxygens (including phenoxy) is 2. The molecular weight excluding hydrogens is 274 g/mol. The summed E-state index contributed by atoms with van der Waals surface area (Å²) in [6.07, 6.45) is 1.98. The Labute approximate surface area is 124 Å². The maximum absolute atomic E-state index is 12.0. The van der Waals surface area contributed by atoms with E-state index < -0.39 is 11.7 Å². The van der Waals surface area contributed by atoms with Gasteiger partial charge in [0.15, 0.2) is 5.78 Å². The molecule has 0 aliphatic rings. The standard InChI is InChI=1S/C14H23N3O4/c1-14(2,3)21-13(19)15-8-6-7-11(18)10-9-17(4)16-12(10)20-5/h9H,6-8H2,1-5H3,(H,15,19). The molecule has 0 fully saturated rings. The number of rotatable bonds is 6. The Morgan fingerprint density at radius 3 is 2.62 bits per heavy atom. The largest absolute Gasteiger partial charge is 0.479 e. The van der Waals surface area contributed by atoms with Gasteiger partial charge in [-0.25, -0.2) is 4.79 Å². The first-order valence-electron chi connectivity index (χ1n) is 6.80. The van der Waals surface area contributed by atoms with Crippen LogP contribution in [0.1, 0.15) is 44.0 Å². The molecule has 0 saturated heterocycles. The zero-order valence-corrected chi connectivity index (χ0v) is 13.2. The molecular formula is C14H23N3O4. The quantitative estimate of drug-likeness (QED) is 0.640. The van der Waals surface area contributed by atoms with Crippen LogP contribution < -0.4 is 10.1 Å². The van der Waals surface area contributed by atoms with Crippen LogP contribution in [0.3, 0.4) is 0 Å². The molecule has 0 radical (unpaired) electrons. The highest BCUT2D eigenvalue weighted by Crippen LogP contribution is 2.17. The van der Waals surface area contributed by atoms with Crippen LogP contribution in [-0.4, -0.2) is 40.9 Å². The van der Waals surface area contributed by atoms with Crippen LogP contribution in [-0.2, 0) is 11.8 Å². The molecule has 1 amide bonds. The van der Waals surface area contributed by atoms with E-state index in [0.29, 0.717) is 30.8 Å². The number of nitrogens with zero attached hydrogens (tertiary/aromatic N) is 2. The van der Waals surface area contributed by atoms with Crippen molar-refractivity contribution in [2.24, 2.45) is 7.05 Å². The minimum atomic E-state index is -0.525. The summed E-state index contributed by atoms with van der Waals surface area (Å²) in [7, 11) is 3.20. The molecule has 0 atom stereocenters. The second-order valence-corrected chi connectivity index (χ2v) is 5.68. The van der Waals surface area contributed by atoms with Crippen molar-refractivity contribution in [1.29, 1.82) is 0 Å². The predicted octanol–water partition coefficient (Wildman–Crippen LogP) is 1.92. The number of nitrogens with one attached hydrogen (secondary N) is 1. The second kappa shape index (κ2) is 7.10. The molecule has 0 saturated carbocycles. The number of Topliss-reactive ketones (excluding diaryl/α,β-unsaturated/α-hetero) is 1. The zero-order chi connectivity index (χ0) is 16.0. The molecule has 1 N–H and O–H groups in total. The Morgan fingerprint density at radius 1 is 1.38 bits per heavy atom. The van der Waals surface area contributed by atoms with Gasteiger partial charge in [-0.05, 0) is 27.2 Å². The first-order chi connectivity index (χ1) is 9.73.